The molecular formula is C14H23FN2. The first kappa shape index (κ1) is 14.1. The Kier molecular flexibility index (Phi) is 5.59. The smallest absolute Gasteiger partial charge is 0.123 e. The van der Waals surface area contributed by atoms with E-state index in [1.165, 1.54) is 5.56 Å². The average Bonchev–Trinajstić information content (AvgIpc) is 2.24. The molecule has 96 valence electrons. The number of aryl methyl sites for hydroxylation is 1. The Bertz CT molecular complexity index is 350. The number of nitrogens with one attached hydrogen (secondary N) is 1. The van der Waals surface area contributed by atoms with E-state index in [1.807, 2.05) is 13.0 Å². The number of halogens is 1. The molecule has 1 N–H and O–H groups in total. The molecule has 1 atom stereocenters. The van der Waals surface area contributed by atoms with Gasteiger partial charge in [0.05, 0.1) is 0 Å². The van der Waals surface area contributed by atoms with Gasteiger partial charge in [-0.15, -0.1) is 0 Å². The first-order chi connectivity index (χ1) is 8.04. The van der Waals surface area contributed by atoms with E-state index < -0.39 is 0 Å². The number of hydrogen-bond acceptors (Lipinski definition) is 2. The summed E-state index contributed by atoms with van der Waals surface area (Å²) in [5, 5.41) is 3.51. The molecule has 1 aromatic carbocycles. The van der Waals surface area contributed by atoms with Gasteiger partial charge in [0.1, 0.15) is 5.82 Å². The summed E-state index contributed by atoms with van der Waals surface area (Å²) in [5.41, 5.74) is 2.20. The average molecular weight is 238 g/mol. The molecular weight excluding hydrogens is 215 g/mol. The second-order valence-electron chi connectivity index (χ2n) is 4.77. The molecule has 0 saturated carbocycles. The van der Waals surface area contributed by atoms with Gasteiger partial charge in [-0.2, -0.15) is 0 Å². The molecule has 0 saturated heterocycles. The molecule has 2 nitrogen and oxygen atoms in total. The zero-order chi connectivity index (χ0) is 12.8. The summed E-state index contributed by atoms with van der Waals surface area (Å²) in [4.78, 5) is 2.15. The minimum Gasteiger partial charge on any atom is -0.309 e. The molecule has 0 aliphatic heterocycles. The lowest BCUT2D eigenvalue weighted by atomic mass is 10.0. The Morgan fingerprint density at radius 3 is 2.59 bits per heavy atom. The highest BCUT2D eigenvalue weighted by molar-refractivity contribution is 5.29. The molecule has 0 fully saturated rings. The quantitative estimate of drug-likeness (QED) is 0.820. The third kappa shape index (κ3) is 4.44. The van der Waals surface area contributed by atoms with Gasteiger partial charge in [-0.1, -0.05) is 13.0 Å². The summed E-state index contributed by atoms with van der Waals surface area (Å²) >= 11 is 0. The van der Waals surface area contributed by atoms with E-state index in [0.29, 0.717) is 0 Å². The fraction of sp³-hybridized carbons (Fsp3) is 0.571. The second kappa shape index (κ2) is 6.72. The van der Waals surface area contributed by atoms with Gasteiger partial charge in [-0.3, -0.25) is 0 Å². The third-order valence-corrected chi connectivity index (χ3v) is 2.80. The molecule has 1 unspecified atom stereocenters. The number of nitrogens with zero attached hydrogens (tertiary/aromatic N) is 1. The first-order valence-electron chi connectivity index (χ1n) is 6.18. The highest BCUT2D eigenvalue weighted by Gasteiger charge is 2.14. The van der Waals surface area contributed by atoms with Crippen molar-refractivity contribution in [3.63, 3.8) is 0 Å². The van der Waals surface area contributed by atoms with Crippen molar-refractivity contribution in [2.24, 2.45) is 0 Å². The van der Waals surface area contributed by atoms with E-state index in [0.717, 1.165) is 25.1 Å². The van der Waals surface area contributed by atoms with Crippen LogP contribution in [-0.2, 0) is 0 Å². The van der Waals surface area contributed by atoms with Crippen molar-refractivity contribution in [2.45, 2.75) is 26.3 Å². The van der Waals surface area contributed by atoms with Crippen LogP contribution >= 0.6 is 0 Å². The molecule has 0 aromatic heterocycles. The van der Waals surface area contributed by atoms with Gasteiger partial charge in [0, 0.05) is 12.6 Å². The van der Waals surface area contributed by atoms with E-state index in [2.05, 4.69) is 31.2 Å². The molecule has 0 aliphatic carbocycles. The Hall–Kier alpha value is -0.930. The topological polar surface area (TPSA) is 15.3 Å². The maximum absolute atomic E-state index is 13.1. The maximum Gasteiger partial charge on any atom is 0.123 e. The van der Waals surface area contributed by atoms with Crippen molar-refractivity contribution in [1.29, 1.82) is 0 Å². The summed E-state index contributed by atoms with van der Waals surface area (Å²) in [6.45, 7) is 6.02. The molecule has 0 bridgehead atoms. The minimum atomic E-state index is -0.162. The van der Waals surface area contributed by atoms with Gasteiger partial charge in [-0.25, -0.2) is 4.39 Å². The van der Waals surface area contributed by atoms with Crippen molar-refractivity contribution in [2.75, 3.05) is 27.2 Å². The number of likely N-dealkylation sites (N-methyl/N-ethyl adjacent to an activating group) is 1. The van der Waals surface area contributed by atoms with Gasteiger partial charge >= 0.3 is 0 Å². The van der Waals surface area contributed by atoms with Gasteiger partial charge in [0.15, 0.2) is 0 Å². The van der Waals surface area contributed by atoms with Crippen LogP contribution in [-0.4, -0.2) is 32.1 Å². The standard InChI is InChI=1S/C14H23FN2/c1-5-8-16-14(10-17(3)4)13-7-6-12(15)9-11(13)2/h6-7,9,14,16H,5,8,10H2,1-4H3. The molecule has 0 aliphatic rings. The predicted molar refractivity (Wildman–Crippen MR) is 70.7 cm³/mol. The first-order valence-corrected chi connectivity index (χ1v) is 6.18. The van der Waals surface area contributed by atoms with E-state index in [-0.39, 0.29) is 11.9 Å². The SMILES string of the molecule is CCCNC(CN(C)C)c1ccc(F)cc1C. The van der Waals surface area contributed by atoms with Crippen LogP contribution in [0.15, 0.2) is 18.2 Å². The lowest BCUT2D eigenvalue weighted by molar-refractivity contribution is 0.341. The van der Waals surface area contributed by atoms with Gasteiger partial charge < -0.3 is 10.2 Å². The fourth-order valence-electron chi connectivity index (χ4n) is 1.99. The minimum absolute atomic E-state index is 0.162. The largest absolute Gasteiger partial charge is 0.309 e. The van der Waals surface area contributed by atoms with E-state index >= 15 is 0 Å². The van der Waals surface area contributed by atoms with E-state index in [1.54, 1.807) is 12.1 Å². The van der Waals surface area contributed by atoms with Crippen LogP contribution < -0.4 is 5.32 Å². The second-order valence-corrected chi connectivity index (χ2v) is 4.77. The summed E-state index contributed by atoms with van der Waals surface area (Å²) in [6, 6.07) is 5.30. The van der Waals surface area contributed by atoms with Crippen molar-refractivity contribution >= 4 is 0 Å². The molecule has 1 rings (SSSR count). The molecule has 0 radical (unpaired) electrons. The highest BCUT2D eigenvalue weighted by atomic mass is 19.1. The molecule has 1 aromatic rings. The third-order valence-electron chi connectivity index (χ3n) is 2.80. The number of hydrogen-bond donors (Lipinski definition) is 1. The normalized spacial score (nSPS) is 13.1. The predicted octanol–water partition coefficient (Wildman–Crippen LogP) is 2.74. The van der Waals surface area contributed by atoms with Crippen LogP contribution in [0.2, 0.25) is 0 Å². The van der Waals surface area contributed by atoms with Crippen LogP contribution in [0.25, 0.3) is 0 Å². The molecule has 0 spiro atoms. The van der Waals surface area contributed by atoms with Crippen LogP contribution in [0.1, 0.15) is 30.5 Å². The lowest BCUT2D eigenvalue weighted by Crippen LogP contribution is -2.32. The van der Waals surface area contributed by atoms with Crippen LogP contribution in [0.4, 0.5) is 4.39 Å². The highest BCUT2D eigenvalue weighted by Crippen LogP contribution is 2.19. The summed E-state index contributed by atoms with van der Waals surface area (Å²) < 4.78 is 13.1. The van der Waals surface area contributed by atoms with Crippen LogP contribution in [0.3, 0.4) is 0 Å². The zero-order valence-electron chi connectivity index (χ0n) is 11.3. The molecule has 0 amide bonds. The Balaban J connectivity index is 2.86. The Labute approximate surface area is 104 Å². The van der Waals surface area contributed by atoms with Gasteiger partial charge in [0.25, 0.3) is 0 Å². The van der Waals surface area contributed by atoms with Crippen molar-refractivity contribution in [3.8, 4) is 0 Å². The van der Waals surface area contributed by atoms with Crippen LogP contribution in [0.5, 0.6) is 0 Å². The van der Waals surface area contributed by atoms with Crippen molar-refractivity contribution in [3.05, 3.63) is 35.1 Å². The Morgan fingerprint density at radius 1 is 1.35 bits per heavy atom. The van der Waals surface area contributed by atoms with Gasteiger partial charge in [-0.05, 0) is 57.2 Å². The number of rotatable bonds is 6. The molecule has 0 heterocycles. The summed E-state index contributed by atoms with van der Waals surface area (Å²) in [5.74, 6) is -0.162. The lowest BCUT2D eigenvalue weighted by Gasteiger charge is -2.24. The van der Waals surface area contributed by atoms with Crippen molar-refractivity contribution in [1.82, 2.24) is 10.2 Å². The van der Waals surface area contributed by atoms with Gasteiger partial charge in [0.2, 0.25) is 0 Å². The van der Waals surface area contributed by atoms with E-state index in [4.69, 9.17) is 0 Å². The molecule has 3 heteroatoms. The van der Waals surface area contributed by atoms with E-state index in [9.17, 15) is 4.39 Å². The number of benzene rings is 1. The Morgan fingerprint density at radius 2 is 2.06 bits per heavy atom. The van der Waals surface area contributed by atoms with Crippen LogP contribution in [0, 0.1) is 12.7 Å². The molecule has 17 heavy (non-hydrogen) atoms. The monoisotopic (exact) mass is 238 g/mol. The summed E-state index contributed by atoms with van der Waals surface area (Å²) in [6.07, 6.45) is 1.10. The fourth-order valence-corrected chi connectivity index (χ4v) is 1.99. The van der Waals surface area contributed by atoms with Crippen molar-refractivity contribution < 1.29 is 4.39 Å². The zero-order valence-corrected chi connectivity index (χ0v) is 11.3. The summed E-state index contributed by atoms with van der Waals surface area (Å²) in [7, 11) is 4.11. The maximum atomic E-state index is 13.1.